The molecule has 0 aliphatic carbocycles. The van der Waals surface area contributed by atoms with Crippen LogP contribution in [0, 0.1) is 6.92 Å². The Kier molecular flexibility index (Phi) is 3.65. The molecule has 1 aromatic heterocycles. The molecule has 1 amide bonds. The van der Waals surface area contributed by atoms with E-state index < -0.39 is 5.91 Å². The van der Waals surface area contributed by atoms with Gasteiger partial charge in [-0.05, 0) is 30.7 Å². The maximum atomic E-state index is 11.3. The number of amides is 1. The summed E-state index contributed by atoms with van der Waals surface area (Å²) in [6, 6.07) is 12.8. The molecule has 110 valence electrons. The van der Waals surface area contributed by atoms with E-state index in [9.17, 15) is 9.90 Å². The van der Waals surface area contributed by atoms with Crippen molar-refractivity contribution >= 4 is 17.2 Å². The minimum Gasteiger partial charge on any atom is -0.507 e. The van der Waals surface area contributed by atoms with Gasteiger partial charge in [0.1, 0.15) is 10.8 Å². The zero-order valence-electron chi connectivity index (χ0n) is 11.9. The molecule has 0 aliphatic rings. The second kappa shape index (κ2) is 5.61. The van der Waals surface area contributed by atoms with Crippen LogP contribution in [0.4, 0.5) is 0 Å². The Balaban J connectivity index is 2.03. The number of rotatable bonds is 3. The number of hydrogen-bond donors (Lipinski definition) is 2. The summed E-state index contributed by atoms with van der Waals surface area (Å²) in [6.45, 7) is 2.04. The van der Waals surface area contributed by atoms with Crippen molar-refractivity contribution in [2.75, 3.05) is 0 Å². The lowest BCUT2D eigenvalue weighted by atomic mass is 10.1. The van der Waals surface area contributed by atoms with Gasteiger partial charge in [0.05, 0.1) is 11.3 Å². The van der Waals surface area contributed by atoms with Gasteiger partial charge in [-0.2, -0.15) is 0 Å². The zero-order valence-corrected chi connectivity index (χ0v) is 12.7. The molecule has 3 N–H and O–H groups in total. The summed E-state index contributed by atoms with van der Waals surface area (Å²) in [7, 11) is 0. The third-order valence-corrected chi connectivity index (χ3v) is 4.31. The van der Waals surface area contributed by atoms with Gasteiger partial charge < -0.3 is 10.8 Å². The Morgan fingerprint density at radius 3 is 2.73 bits per heavy atom. The van der Waals surface area contributed by atoms with E-state index in [1.165, 1.54) is 6.07 Å². The number of carbonyl (C=O) groups is 1. The number of carbonyl (C=O) groups excluding carboxylic acids is 1. The molecule has 0 bridgehead atoms. The van der Waals surface area contributed by atoms with Crippen molar-refractivity contribution in [2.24, 2.45) is 5.73 Å². The quantitative estimate of drug-likeness (QED) is 0.776. The van der Waals surface area contributed by atoms with E-state index in [0.717, 1.165) is 27.4 Å². The highest BCUT2D eigenvalue weighted by atomic mass is 32.1. The highest BCUT2D eigenvalue weighted by Gasteiger charge is 2.12. The average Bonchev–Trinajstić information content (AvgIpc) is 2.97. The van der Waals surface area contributed by atoms with Gasteiger partial charge in [0.2, 0.25) is 0 Å². The fourth-order valence-electron chi connectivity index (χ4n) is 2.24. The number of nitrogens with zero attached hydrogens (tertiary/aromatic N) is 1. The van der Waals surface area contributed by atoms with Gasteiger partial charge in [0.15, 0.2) is 0 Å². The fourth-order valence-corrected chi connectivity index (χ4v) is 3.15. The molecule has 2 aromatic carbocycles. The highest BCUT2D eigenvalue weighted by Crippen LogP contribution is 2.32. The van der Waals surface area contributed by atoms with E-state index in [1.54, 1.807) is 23.5 Å². The normalized spacial score (nSPS) is 10.6. The van der Waals surface area contributed by atoms with E-state index >= 15 is 0 Å². The van der Waals surface area contributed by atoms with E-state index in [4.69, 9.17) is 5.73 Å². The standard InChI is InChI=1S/C17H14N2O2S/c1-10-4-2-3-5-12(10)17-19-14(9-22-17)11-6-7-15(20)13(8-11)16(18)21/h2-9,20H,1H3,(H2,18,21). The van der Waals surface area contributed by atoms with Crippen LogP contribution in [0.25, 0.3) is 21.8 Å². The van der Waals surface area contributed by atoms with Crippen LogP contribution in [0.5, 0.6) is 5.75 Å². The maximum absolute atomic E-state index is 11.3. The average molecular weight is 310 g/mol. The van der Waals surface area contributed by atoms with Crippen molar-refractivity contribution in [3.8, 4) is 27.6 Å². The molecule has 0 unspecified atom stereocenters. The topological polar surface area (TPSA) is 76.2 Å². The summed E-state index contributed by atoms with van der Waals surface area (Å²) in [5.74, 6) is -0.778. The summed E-state index contributed by atoms with van der Waals surface area (Å²) in [5, 5.41) is 12.5. The van der Waals surface area contributed by atoms with Crippen molar-refractivity contribution in [2.45, 2.75) is 6.92 Å². The first-order valence-corrected chi connectivity index (χ1v) is 7.59. The number of aromatic hydroxyl groups is 1. The van der Waals surface area contributed by atoms with Crippen molar-refractivity contribution in [3.05, 3.63) is 59.0 Å². The Bertz CT molecular complexity index is 855. The Morgan fingerprint density at radius 2 is 2.00 bits per heavy atom. The summed E-state index contributed by atoms with van der Waals surface area (Å²) in [4.78, 5) is 15.9. The predicted octanol–water partition coefficient (Wildman–Crippen LogP) is 3.59. The predicted molar refractivity (Wildman–Crippen MR) is 87.9 cm³/mol. The first kappa shape index (κ1) is 14.3. The lowest BCUT2D eigenvalue weighted by Crippen LogP contribution is -2.11. The third kappa shape index (κ3) is 2.58. The number of aromatic nitrogens is 1. The lowest BCUT2D eigenvalue weighted by Gasteiger charge is -2.03. The summed E-state index contributed by atoms with van der Waals surface area (Å²) < 4.78 is 0. The Hall–Kier alpha value is -2.66. The summed E-state index contributed by atoms with van der Waals surface area (Å²) >= 11 is 1.54. The monoisotopic (exact) mass is 310 g/mol. The number of aryl methyl sites for hydroxylation is 1. The van der Waals surface area contributed by atoms with Crippen LogP contribution >= 0.6 is 11.3 Å². The molecule has 3 aromatic rings. The Morgan fingerprint density at radius 1 is 1.23 bits per heavy atom. The van der Waals surface area contributed by atoms with E-state index in [1.807, 2.05) is 36.6 Å². The van der Waals surface area contributed by atoms with Crippen LogP contribution in [0.15, 0.2) is 47.8 Å². The molecule has 22 heavy (non-hydrogen) atoms. The van der Waals surface area contributed by atoms with Gasteiger partial charge in [-0.25, -0.2) is 4.98 Å². The van der Waals surface area contributed by atoms with Crippen LogP contribution in [0.3, 0.4) is 0 Å². The largest absolute Gasteiger partial charge is 0.507 e. The molecular weight excluding hydrogens is 296 g/mol. The number of primary amides is 1. The Labute approximate surface area is 131 Å². The van der Waals surface area contributed by atoms with Gasteiger partial charge in [-0.15, -0.1) is 11.3 Å². The second-order valence-corrected chi connectivity index (χ2v) is 5.81. The van der Waals surface area contributed by atoms with E-state index in [2.05, 4.69) is 4.98 Å². The second-order valence-electron chi connectivity index (χ2n) is 4.95. The number of thiazole rings is 1. The minimum absolute atomic E-state index is 0.0999. The first-order valence-electron chi connectivity index (χ1n) is 6.71. The van der Waals surface area contributed by atoms with Crippen LogP contribution in [-0.4, -0.2) is 16.0 Å². The van der Waals surface area contributed by atoms with Gasteiger partial charge >= 0.3 is 0 Å². The molecule has 0 fully saturated rings. The molecule has 4 nitrogen and oxygen atoms in total. The molecule has 0 saturated heterocycles. The van der Waals surface area contributed by atoms with Crippen molar-refractivity contribution in [1.29, 1.82) is 0 Å². The van der Waals surface area contributed by atoms with Gasteiger partial charge in [0, 0.05) is 16.5 Å². The molecule has 0 saturated carbocycles. The molecule has 5 heteroatoms. The van der Waals surface area contributed by atoms with Crippen LogP contribution in [0.2, 0.25) is 0 Å². The van der Waals surface area contributed by atoms with Crippen molar-refractivity contribution < 1.29 is 9.90 Å². The van der Waals surface area contributed by atoms with Gasteiger partial charge in [-0.3, -0.25) is 4.79 Å². The van der Waals surface area contributed by atoms with Crippen LogP contribution in [-0.2, 0) is 0 Å². The smallest absolute Gasteiger partial charge is 0.252 e. The van der Waals surface area contributed by atoms with Gasteiger partial charge in [0.25, 0.3) is 5.91 Å². The molecule has 0 atom stereocenters. The number of nitrogens with two attached hydrogens (primary N) is 1. The molecule has 1 heterocycles. The third-order valence-electron chi connectivity index (χ3n) is 3.44. The summed E-state index contributed by atoms with van der Waals surface area (Å²) in [5.41, 5.74) is 9.12. The first-order chi connectivity index (χ1) is 10.6. The van der Waals surface area contributed by atoms with E-state index in [-0.39, 0.29) is 11.3 Å². The minimum atomic E-state index is -0.659. The number of phenols is 1. The van der Waals surface area contributed by atoms with Crippen molar-refractivity contribution in [1.82, 2.24) is 4.98 Å². The summed E-state index contributed by atoms with van der Waals surface area (Å²) in [6.07, 6.45) is 0. The maximum Gasteiger partial charge on any atom is 0.252 e. The molecule has 0 radical (unpaired) electrons. The molecular formula is C17H14N2O2S. The van der Waals surface area contributed by atoms with Crippen LogP contribution < -0.4 is 5.73 Å². The molecule has 3 rings (SSSR count). The fraction of sp³-hybridized carbons (Fsp3) is 0.0588. The SMILES string of the molecule is Cc1ccccc1-c1nc(-c2ccc(O)c(C(N)=O)c2)cs1. The highest BCUT2D eigenvalue weighted by molar-refractivity contribution is 7.13. The molecule has 0 spiro atoms. The number of benzene rings is 2. The molecule has 0 aliphatic heterocycles. The van der Waals surface area contributed by atoms with Crippen molar-refractivity contribution in [3.63, 3.8) is 0 Å². The van der Waals surface area contributed by atoms with Crippen LogP contribution in [0.1, 0.15) is 15.9 Å². The van der Waals surface area contributed by atoms with Gasteiger partial charge in [-0.1, -0.05) is 24.3 Å². The zero-order chi connectivity index (χ0) is 15.7. The van der Waals surface area contributed by atoms with E-state index in [0.29, 0.717) is 0 Å². The number of hydrogen-bond acceptors (Lipinski definition) is 4. The lowest BCUT2D eigenvalue weighted by molar-refractivity contribution is 0.0998.